The normalized spacial score (nSPS) is 27.7. The second kappa shape index (κ2) is 5.58. The maximum Gasteiger partial charge on any atom is 0.311 e. The van der Waals surface area contributed by atoms with Gasteiger partial charge in [-0.2, -0.15) is 8.42 Å². The van der Waals surface area contributed by atoms with E-state index in [2.05, 4.69) is 4.90 Å². The first kappa shape index (κ1) is 14.6. The van der Waals surface area contributed by atoms with Gasteiger partial charge in [0.15, 0.2) is 5.76 Å². The van der Waals surface area contributed by atoms with Crippen molar-refractivity contribution in [2.75, 3.05) is 24.6 Å². The van der Waals surface area contributed by atoms with E-state index in [0.29, 0.717) is 5.76 Å². The Labute approximate surface area is 135 Å². The lowest BCUT2D eigenvalue weighted by Gasteiger charge is -2.40. The van der Waals surface area contributed by atoms with Crippen molar-refractivity contribution in [2.45, 2.75) is 30.2 Å². The zero-order valence-corrected chi connectivity index (χ0v) is 14.0. The lowest BCUT2D eigenvalue weighted by atomic mass is 10.00. The molecular weight excluding hydrogens is 318 g/mol. The van der Waals surface area contributed by atoms with E-state index in [1.165, 1.54) is 6.42 Å². The molecule has 4 rings (SSSR count). The zero-order chi connectivity index (χ0) is 15.2. The first-order valence-corrected chi connectivity index (χ1v) is 10.3. The summed E-state index contributed by atoms with van der Waals surface area (Å²) in [6, 6.07) is 7.90. The van der Waals surface area contributed by atoms with Crippen molar-refractivity contribution >= 4 is 27.6 Å². The van der Waals surface area contributed by atoms with Gasteiger partial charge in [0.05, 0.1) is 6.04 Å². The van der Waals surface area contributed by atoms with Gasteiger partial charge in [-0.05, 0) is 32.0 Å². The number of benzene rings is 1. The Hall–Kier alpha value is -0.980. The molecule has 0 radical (unpaired) electrons. The van der Waals surface area contributed by atoms with Crippen molar-refractivity contribution in [2.24, 2.45) is 0 Å². The molecule has 4 nitrogen and oxygen atoms in total. The molecule has 22 heavy (non-hydrogen) atoms. The molecule has 0 N–H and O–H groups in total. The quantitative estimate of drug-likeness (QED) is 0.738. The number of rotatable bonds is 1. The standard InChI is InChI=1S/C16H19NO3S2/c18-22(19)11-14(17-8-4-1-5-9-17)13-10-21-15-7-3-2-6-12(15)16(13)20-22/h2-3,6-7,14H,1,4-5,8-11H2. The van der Waals surface area contributed by atoms with Gasteiger partial charge in [0, 0.05) is 21.8 Å². The van der Waals surface area contributed by atoms with Crippen LogP contribution in [0.15, 0.2) is 34.7 Å². The minimum atomic E-state index is -3.50. The highest BCUT2D eigenvalue weighted by molar-refractivity contribution is 7.99. The smallest absolute Gasteiger partial charge is 0.311 e. The maximum atomic E-state index is 12.3. The lowest BCUT2D eigenvalue weighted by molar-refractivity contribution is 0.190. The van der Waals surface area contributed by atoms with Crippen LogP contribution < -0.4 is 0 Å². The molecule has 1 atom stereocenters. The summed E-state index contributed by atoms with van der Waals surface area (Å²) >= 11 is 1.78. The first-order chi connectivity index (χ1) is 10.6. The number of thioether (sulfide) groups is 1. The van der Waals surface area contributed by atoms with E-state index in [1.807, 2.05) is 24.3 Å². The zero-order valence-electron chi connectivity index (χ0n) is 12.3. The van der Waals surface area contributed by atoms with Crippen LogP contribution in [-0.2, 0) is 14.3 Å². The van der Waals surface area contributed by atoms with Crippen molar-refractivity contribution in [1.29, 1.82) is 0 Å². The average molecular weight is 337 g/mol. The van der Waals surface area contributed by atoms with Gasteiger partial charge < -0.3 is 4.18 Å². The minimum Gasteiger partial charge on any atom is -0.382 e. The largest absolute Gasteiger partial charge is 0.382 e. The van der Waals surface area contributed by atoms with E-state index < -0.39 is 10.1 Å². The van der Waals surface area contributed by atoms with Gasteiger partial charge in [0.25, 0.3) is 0 Å². The second-order valence-electron chi connectivity index (χ2n) is 6.06. The van der Waals surface area contributed by atoms with Gasteiger partial charge in [0.2, 0.25) is 0 Å². The first-order valence-electron chi connectivity index (χ1n) is 7.75. The minimum absolute atomic E-state index is 0.0186. The fraction of sp³-hybridized carbons (Fsp3) is 0.500. The van der Waals surface area contributed by atoms with Crippen LogP contribution in [0.25, 0.3) is 5.76 Å². The third-order valence-electron chi connectivity index (χ3n) is 4.61. The Morgan fingerprint density at radius 3 is 2.73 bits per heavy atom. The topological polar surface area (TPSA) is 46.6 Å². The van der Waals surface area contributed by atoms with Crippen LogP contribution in [0.4, 0.5) is 0 Å². The third kappa shape index (κ3) is 2.57. The Morgan fingerprint density at radius 1 is 1.14 bits per heavy atom. The number of fused-ring (bicyclic) bond motifs is 2. The monoisotopic (exact) mass is 337 g/mol. The average Bonchev–Trinajstić information content (AvgIpc) is 2.54. The Bertz CT molecular complexity index is 721. The molecule has 1 fully saturated rings. The van der Waals surface area contributed by atoms with E-state index >= 15 is 0 Å². The van der Waals surface area contributed by atoms with Crippen molar-refractivity contribution in [1.82, 2.24) is 4.90 Å². The fourth-order valence-corrected chi connectivity index (χ4v) is 5.97. The van der Waals surface area contributed by atoms with Crippen LogP contribution >= 0.6 is 11.8 Å². The van der Waals surface area contributed by atoms with Gasteiger partial charge in [0.1, 0.15) is 5.75 Å². The molecule has 1 aromatic rings. The summed E-state index contributed by atoms with van der Waals surface area (Å²) in [4.78, 5) is 3.45. The highest BCUT2D eigenvalue weighted by atomic mass is 32.2. The van der Waals surface area contributed by atoms with E-state index in [0.717, 1.165) is 47.7 Å². The molecule has 0 aromatic heterocycles. The highest BCUT2D eigenvalue weighted by Gasteiger charge is 2.39. The summed E-state index contributed by atoms with van der Waals surface area (Å²) in [5, 5.41) is 0. The predicted molar refractivity (Wildman–Crippen MR) is 88.2 cm³/mol. The second-order valence-corrected chi connectivity index (χ2v) is 8.69. The Balaban J connectivity index is 1.80. The number of hydrogen-bond donors (Lipinski definition) is 0. The van der Waals surface area contributed by atoms with Gasteiger partial charge in [-0.15, -0.1) is 11.8 Å². The summed E-state index contributed by atoms with van der Waals surface area (Å²) in [5.74, 6) is 1.51. The van der Waals surface area contributed by atoms with E-state index in [4.69, 9.17) is 4.18 Å². The SMILES string of the molecule is O=S1(=O)CC(N2CCCCC2)C2=C(O1)c1ccccc1SC2. The van der Waals surface area contributed by atoms with Crippen molar-refractivity contribution < 1.29 is 12.6 Å². The molecule has 3 heterocycles. The summed E-state index contributed by atoms with van der Waals surface area (Å²) < 4.78 is 30.0. The van der Waals surface area contributed by atoms with Crippen LogP contribution in [0.1, 0.15) is 24.8 Å². The summed E-state index contributed by atoms with van der Waals surface area (Å²) in [7, 11) is -3.50. The molecule has 118 valence electrons. The number of hydrogen-bond acceptors (Lipinski definition) is 5. The van der Waals surface area contributed by atoms with Gasteiger partial charge in [-0.25, -0.2) is 0 Å². The molecule has 1 aromatic carbocycles. The predicted octanol–water partition coefficient (Wildman–Crippen LogP) is 2.72. The molecule has 0 saturated carbocycles. The molecule has 0 bridgehead atoms. The van der Waals surface area contributed by atoms with Gasteiger partial charge in [-0.1, -0.05) is 24.6 Å². The van der Waals surface area contributed by atoms with Gasteiger partial charge >= 0.3 is 10.1 Å². The number of nitrogens with zero attached hydrogens (tertiary/aromatic N) is 1. The van der Waals surface area contributed by atoms with Crippen molar-refractivity contribution in [3.8, 4) is 0 Å². The van der Waals surface area contributed by atoms with Crippen LogP contribution in [-0.4, -0.2) is 44.0 Å². The van der Waals surface area contributed by atoms with E-state index in [9.17, 15) is 8.42 Å². The third-order valence-corrected chi connectivity index (χ3v) is 6.88. The van der Waals surface area contributed by atoms with Gasteiger partial charge in [-0.3, -0.25) is 4.90 Å². The van der Waals surface area contributed by atoms with E-state index in [1.54, 1.807) is 11.8 Å². The molecule has 1 unspecified atom stereocenters. The highest BCUT2D eigenvalue weighted by Crippen LogP contribution is 2.43. The Kier molecular flexibility index (Phi) is 3.71. The molecule has 6 heteroatoms. The van der Waals surface area contributed by atoms with Crippen molar-refractivity contribution in [3.05, 3.63) is 35.4 Å². The summed E-state index contributed by atoms with van der Waals surface area (Å²) in [6.07, 6.45) is 3.56. The Morgan fingerprint density at radius 2 is 1.91 bits per heavy atom. The summed E-state index contributed by atoms with van der Waals surface area (Å²) in [6.45, 7) is 1.98. The fourth-order valence-electron chi connectivity index (χ4n) is 3.53. The van der Waals surface area contributed by atoms with E-state index in [-0.39, 0.29) is 11.8 Å². The molecule has 3 aliphatic rings. The lowest BCUT2D eigenvalue weighted by Crippen LogP contribution is -2.47. The maximum absolute atomic E-state index is 12.3. The van der Waals surface area contributed by atoms with Crippen LogP contribution in [0.3, 0.4) is 0 Å². The van der Waals surface area contributed by atoms with Crippen LogP contribution in [0.5, 0.6) is 0 Å². The number of likely N-dealkylation sites (tertiary alicyclic amines) is 1. The molecule has 1 saturated heterocycles. The molecular formula is C16H19NO3S2. The van der Waals surface area contributed by atoms with Crippen LogP contribution in [0, 0.1) is 0 Å². The molecule has 3 aliphatic heterocycles. The molecule has 0 spiro atoms. The number of piperidine rings is 1. The molecule has 0 amide bonds. The van der Waals surface area contributed by atoms with Crippen LogP contribution in [0.2, 0.25) is 0 Å². The van der Waals surface area contributed by atoms with Crippen molar-refractivity contribution in [3.63, 3.8) is 0 Å². The summed E-state index contributed by atoms with van der Waals surface area (Å²) in [5.41, 5.74) is 2.08. The molecule has 0 aliphatic carbocycles.